The van der Waals surface area contributed by atoms with Crippen LogP contribution in [-0.4, -0.2) is 0 Å². The highest BCUT2D eigenvalue weighted by Gasteiger charge is 1.93. The lowest BCUT2D eigenvalue weighted by Crippen LogP contribution is -1.78. The number of allylic oxidation sites excluding steroid dienone is 6. The first-order valence-electron chi connectivity index (χ1n) is 4.50. The Hall–Kier alpha value is -0.950. The zero-order valence-electron chi connectivity index (χ0n) is 9.26. The van der Waals surface area contributed by atoms with Gasteiger partial charge in [-0.25, -0.2) is 0 Å². The van der Waals surface area contributed by atoms with E-state index in [1.54, 1.807) is 11.8 Å². The minimum Gasteiger partial charge on any atom is -0.0961 e. The van der Waals surface area contributed by atoms with Crippen molar-refractivity contribution in [1.29, 1.82) is 0 Å². The van der Waals surface area contributed by atoms with Crippen LogP contribution in [-0.2, 0) is 0 Å². The van der Waals surface area contributed by atoms with Crippen LogP contribution in [0, 0.1) is 0 Å². The van der Waals surface area contributed by atoms with E-state index in [4.69, 9.17) is 0 Å². The van der Waals surface area contributed by atoms with Crippen molar-refractivity contribution in [3.63, 3.8) is 0 Å². The molecule has 1 heteroatoms. The molecule has 0 aliphatic rings. The summed E-state index contributed by atoms with van der Waals surface area (Å²) in [6.07, 6.45) is 6.06. The van der Waals surface area contributed by atoms with Gasteiger partial charge in [-0.05, 0) is 37.3 Å². The lowest BCUT2D eigenvalue weighted by Gasteiger charge is -2.00. The van der Waals surface area contributed by atoms with Crippen molar-refractivity contribution in [2.24, 2.45) is 0 Å². The Balaban J connectivity index is 4.36. The summed E-state index contributed by atoms with van der Waals surface area (Å²) in [5.41, 5.74) is 2.21. The Morgan fingerprint density at radius 2 is 1.64 bits per heavy atom. The molecule has 0 saturated carbocycles. The summed E-state index contributed by atoms with van der Waals surface area (Å²) in [6, 6.07) is 0. The summed E-state index contributed by atoms with van der Waals surface area (Å²) < 4.78 is 0. The molecule has 0 amide bonds. The van der Waals surface area contributed by atoms with Crippen LogP contribution in [0.15, 0.2) is 58.9 Å². The van der Waals surface area contributed by atoms with Gasteiger partial charge in [0.1, 0.15) is 0 Å². The van der Waals surface area contributed by atoms with Crippen LogP contribution >= 0.6 is 11.8 Å². The van der Waals surface area contributed by atoms with Gasteiger partial charge in [-0.2, -0.15) is 0 Å². The fraction of sp³-hybridized carbons (Fsp3) is 0.231. The van der Waals surface area contributed by atoms with Crippen molar-refractivity contribution in [2.75, 3.05) is 0 Å². The monoisotopic (exact) mass is 206 g/mol. The normalized spacial score (nSPS) is 11.8. The number of thioether (sulfide) groups is 1. The standard InChI is InChI=1S/C13H18S/c1-7-13(10(2)3)9-8-12(6)14-11(4)5/h7-9H,2,4,6H2,1,3,5H3/b9-8-,13-7+. The van der Waals surface area contributed by atoms with E-state index >= 15 is 0 Å². The maximum absolute atomic E-state index is 3.92. The average Bonchev–Trinajstić information content (AvgIpc) is 2.03. The molecule has 14 heavy (non-hydrogen) atoms. The summed E-state index contributed by atoms with van der Waals surface area (Å²) in [5.74, 6) is 0. The molecule has 0 nitrogen and oxygen atoms in total. The first-order chi connectivity index (χ1) is 6.47. The van der Waals surface area contributed by atoms with Gasteiger partial charge in [0.2, 0.25) is 0 Å². The van der Waals surface area contributed by atoms with Crippen molar-refractivity contribution in [3.8, 4) is 0 Å². The molecule has 0 aromatic carbocycles. The van der Waals surface area contributed by atoms with E-state index in [1.807, 2.05) is 39.0 Å². The molecule has 0 unspecified atom stereocenters. The number of hydrogen-bond acceptors (Lipinski definition) is 1. The molecule has 0 aromatic heterocycles. The molecule has 0 radical (unpaired) electrons. The molecule has 0 heterocycles. The van der Waals surface area contributed by atoms with Crippen LogP contribution in [0.4, 0.5) is 0 Å². The van der Waals surface area contributed by atoms with Gasteiger partial charge in [0.25, 0.3) is 0 Å². The minimum absolute atomic E-state index is 0.998. The minimum atomic E-state index is 0.998. The first kappa shape index (κ1) is 13.1. The van der Waals surface area contributed by atoms with E-state index in [9.17, 15) is 0 Å². The van der Waals surface area contributed by atoms with Crippen molar-refractivity contribution in [3.05, 3.63) is 58.9 Å². The Morgan fingerprint density at radius 3 is 2.00 bits per heavy atom. The van der Waals surface area contributed by atoms with Crippen LogP contribution in [0.2, 0.25) is 0 Å². The van der Waals surface area contributed by atoms with Crippen LogP contribution < -0.4 is 0 Å². The quantitative estimate of drug-likeness (QED) is 0.580. The van der Waals surface area contributed by atoms with Gasteiger partial charge >= 0.3 is 0 Å². The fourth-order valence-corrected chi connectivity index (χ4v) is 1.51. The topological polar surface area (TPSA) is 0 Å². The second kappa shape index (κ2) is 6.50. The highest BCUT2D eigenvalue weighted by Crippen LogP contribution is 2.23. The van der Waals surface area contributed by atoms with E-state index in [1.165, 1.54) is 0 Å². The smallest absolute Gasteiger partial charge is 0.00466 e. The van der Waals surface area contributed by atoms with Crippen molar-refractivity contribution >= 4 is 11.8 Å². The second-order valence-electron chi connectivity index (χ2n) is 3.13. The number of rotatable bonds is 5. The molecule has 0 aliphatic heterocycles. The van der Waals surface area contributed by atoms with Crippen LogP contribution in [0.25, 0.3) is 0 Å². The molecule has 0 aliphatic carbocycles. The molecule has 0 fully saturated rings. The SMILES string of the molecule is C=C(C)SC(=C)/C=C\C(=C/C)C(=C)C. The van der Waals surface area contributed by atoms with E-state index in [0.29, 0.717) is 0 Å². The molecule has 0 rings (SSSR count). The zero-order chi connectivity index (χ0) is 11.1. The van der Waals surface area contributed by atoms with Crippen molar-refractivity contribution in [1.82, 2.24) is 0 Å². The molecule has 0 bridgehead atoms. The Bertz CT molecular complexity index is 303. The van der Waals surface area contributed by atoms with Gasteiger partial charge in [-0.15, -0.1) is 0 Å². The maximum atomic E-state index is 3.92. The summed E-state index contributed by atoms with van der Waals surface area (Å²) in [7, 11) is 0. The van der Waals surface area contributed by atoms with Crippen molar-refractivity contribution in [2.45, 2.75) is 20.8 Å². The van der Waals surface area contributed by atoms with E-state index < -0.39 is 0 Å². The highest BCUT2D eigenvalue weighted by atomic mass is 32.2. The average molecular weight is 206 g/mol. The Morgan fingerprint density at radius 1 is 1.07 bits per heavy atom. The third-order valence-electron chi connectivity index (χ3n) is 1.56. The highest BCUT2D eigenvalue weighted by molar-refractivity contribution is 8.06. The third kappa shape index (κ3) is 5.65. The third-order valence-corrected chi connectivity index (χ3v) is 2.30. The van der Waals surface area contributed by atoms with E-state index in [2.05, 4.69) is 19.7 Å². The predicted octanol–water partition coefficient (Wildman–Crippen LogP) is 4.85. The molecule has 0 spiro atoms. The molecule has 0 atom stereocenters. The van der Waals surface area contributed by atoms with E-state index in [-0.39, 0.29) is 0 Å². The van der Waals surface area contributed by atoms with Crippen LogP contribution in [0.1, 0.15) is 20.8 Å². The van der Waals surface area contributed by atoms with Crippen LogP contribution in [0.3, 0.4) is 0 Å². The summed E-state index contributed by atoms with van der Waals surface area (Å²) >= 11 is 1.59. The lowest BCUT2D eigenvalue weighted by atomic mass is 10.1. The Kier molecular flexibility index (Phi) is 6.06. The molecule has 0 saturated heterocycles. The van der Waals surface area contributed by atoms with Gasteiger partial charge in [0.05, 0.1) is 0 Å². The summed E-state index contributed by atoms with van der Waals surface area (Å²) in [5, 5.41) is 0. The molecule has 0 N–H and O–H groups in total. The van der Waals surface area contributed by atoms with Crippen molar-refractivity contribution < 1.29 is 0 Å². The lowest BCUT2D eigenvalue weighted by molar-refractivity contribution is 1.43. The van der Waals surface area contributed by atoms with Gasteiger partial charge < -0.3 is 0 Å². The largest absolute Gasteiger partial charge is 0.0961 e. The number of hydrogen-bond donors (Lipinski definition) is 0. The van der Waals surface area contributed by atoms with Gasteiger partial charge in [-0.3, -0.25) is 0 Å². The van der Waals surface area contributed by atoms with Gasteiger partial charge in [0, 0.05) is 4.91 Å². The first-order valence-corrected chi connectivity index (χ1v) is 5.31. The van der Waals surface area contributed by atoms with E-state index in [0.717, 1.165) is 21.0 Å². The predicted molar refractivity (Wildman–Crippen MR) is 69.3 cm³/mol. The molecular weight excluding hydrogens is 188 g/mol. The van der Waals surface area contributed by atoms with Gasteiger partial charge in [-0.1, -0.05) is 49.2 Å². The van der Waals surface area contributed by atoms with Crippen LogP contribution in [0.5, 0.6) is 0 Å². The van der Waals surface area contributed by atoms with Gasteiger partial charge in [0.15, 0.2) is 0 Å². The fourth-order valence-electron chi connectivity index (χ4n) is 0.925. The molecular formula is C13H18S. The summed E-state index contributed by atoms with van der Waals surface area (Å²) in [6.45, 7) is 17.6. The summed E-state index contributed by atoms with van der Waals surface area (Å²) in [4.78, 5) is 2.05. The maximum Gasteiger partial charge on any atom is 0.00466 e. The zero-order valence-corrected chi connectivity index (χ0v) is 10.1. The molecule has 76 valence electrons. The molecule has 0 aromatic rings. The second-order valence-corrected chi connectivity index (χ2v) is 4.55. The Labute approximate surface area is 91.8 Å².